The average molecular weight is 479 g/mol. The molecular weight excluding hydrogens is 456 g/mol. The number of hydrogen-bond donors (Lipinski definition) is 1. The molecule has 0 unspecified atom stereocenters. The summed E-state index contributed by atoms with van der Waals surface area (Å²) in [5.41, 5.74) is 3.66. The first-order chi connectivity index (χ1) is 16.0. The Labute approximate surface area is 202 Å². The molecule has 1 aromatic heterocycles. The zero-order valence-corrected chi connectivity index (χ0v) is 19.9. The van der Waals surface area contributed by atoms with E-state index in [1.54, 1.807) is 24.3 Å². The number of aryl methyl sites for hydroxylation is 1. The van der Waals surface area contributed by atoms with Crippen LogP contribution in [0, 0.1) is 6.92 Å². The van der Waals surface area contributed by atoms with Gasteiger partial charge in [-0.2, -0.15) is 0 Å². The van der Waals surface area contributed by atoms with E-state index in [0.29, 0.717) is 28.3 Å². The number of benzene rings is 3. The zero-order chi connectivity index (χ0) is 23.2. The van der Waals surface area contributed by atoms with Crippen molar-refractivity contribution >= 4 is 35.0 Å². The van der Waals surface area contributed by atoms with Crippen LogP contribution in [0.25, 0.3) is 17.1 Å². The molecule has 0 fully saturated rings. The Balaban J connectivity index is 1.60. The van der Waals surface area contributed by atoms with Crippen LogP contribution in [0.5, 0.6) is 5.75 Å². The van der Waals surface area contributed by atoms with Crippen LogP contribution in [0.2, 0.25) is 5.02 Å². The minimum absolute atomic E-state index is 0.138. The molecule has 4 rings (SSSR count). The molecule has 1 heterocycles. The van der Waals surface area contributed by atoms with Crippen LogP contribution in [-0.2, 0) is 4.79 Å². The van der Waals surface area contributed by atoms with E-state index in [4.69, 9.17) is 16.3 Å². The number of amides is 1. The molecule has 0 saturated heterocycles. The first-order valence-electron chi connectivity index (χ1n) is 10.5. The molecular formula is C25H23ClN4O2S. The summed E-state index contributed by atoms with van der Waals surface area (Å²) in [6.07, 6.45) is 0. The minimum atomic E-state index is -0.138. The Morgan fingerprint density at radius 2 is 1.82 bits per heavy atom. The maximum atomic E-state index is 12.5. The van der Waals surface area contributed by atoms with E-state index in [1.165, 1.54) is 11.8 Å². The second-order valence-corrected chi connectivity index (χ2v) is 8.66. The first kappa shape index (κ1) is 22.9. The fourth-order valence-electron chi connectivity index (χ4n) is 3.29. The number of carbonyl (C=O) groups excluding carboxylic acids is 1. The number of hydrogen-bond acceptors (Lipinski definition) is 5. The maximum absolute atomic E-state index is 12.5. The maximum Gasteiger partial charge on any atom is 0.234 e. The molecule has 0 radical (unpaired) electrons. The number of aromatic nitrogens is 3. The number of halogens is 1. The van der Waals surface area contributed by atoms with E-state index < -0.39 is 0 Å². The number of anilines is 1. The molecule has 33 heavy (non-hydrogen) atoms. The normalized spacial score (nSPS) is 10.8. The van der Waals surface area contributed by atoms with E-state index >= 15 is 0 Å². The molecule has 1 amide bonds. The summed E-state index contributed by atoms with van der Waals surface area (Å²) in [7, 11) is 0. The van der Waals surface area contributed by atoms with Gasteiger partial charge >= 0.3 is 0 Å². The van der Waals surface area contributed by atoms with Crippen molar-refractivity contribution in [1.82, 2.24) is 14.8 Å². The summed E-state index contributed by atoms with van der Waals surface area (Å²) >= 11 is 7.24. The third-order valence-corrected chi connectivity index (χ3v) is 5.96. The predicted octanol–water partition coefficient (Wildman–Crippen LogP) is 6.03. The highest BCUT2D eigenvalue weighted by molar-refractivity contribution is 7.99. The standard InChI is InChI=1S/C25H23ClN4O2S/c1-3-32-22-13-11-21(12-14-22)30-24(18-6-4-5-17(2)15-18)28-29-25(30)33-16-23(31)27-20-9-7-19(26)8-10-20/h4-15H,3,16H2,1-2H3,(H,27,31). The lowest BCUT2D eigenvalue weighted by Gasteiger charge is -2.12. The lowest BCUT2D eigenvalue weighted by molar-refractivity contribution is -0.113. The Morgan fingerprint density at radius 1 is 1.06 bits per heavy atom. The minimum Gasteiger partial charge on any atom is -0.494 e. The summed E-state index contributed by atoms with van der Waals surface area (Å²) < 4.78 is 7.54. The van der Waals surface area contributed by atoms with Crippen molar-refractivity contribution in [2.45, 2.75) is 19.0 Å². The molecule has 0 spiro atoms. The van der Waals surface area contributed by atoms with Gasteiger partial charge in [-0.1, -0.05) is 47.1 Å². The molecule has 6 nitrogen and oxygen atoms in total. The van der Waals surface area contributed by atoms with Gasteiger partial charge in [-0.15, -0.1) is 10.2 Å². The van der Waals surface area contributed by atoms with Crippen molar-refractivity contribution in [2.24, 2.45) is 0 Å². The van der Waals surface area contributed by atoms with Gasteiger partial charge in [-0.25, -0.2) is 0 Å². The molecule has 168 valence electrons. The third kappa shape index (κ3) is 5.74. The molecule has 1 N–H and O–H groups in total. The summed E-state index contributed by atoms with van der Waals surface area (Å²) in [5, 5.41) is 13.0. The Kier molecular flexibility index (Phi) is 7.32. The van der Waals surface area contributed by atoms with Gasteiger partial charge in [0.25, 0.3) is 0 Å². The predicted molar refractivity (Wildman–Crippen MR) is 134 cm³/mol. The van der Waals surface area contributed by atoms with E-state index in [1.807, 2.05) is 60.9 Å². The van der Waals surface area contributed by atoms with E-state index in [2.05, 4.69) is 21.6 Å². The molecule has 4 aromatic rings. The van der Waals surface area contributed by atoms with Gasteiger partial charge in [0, 0.05) is 22.0 Å². The van der Waals surface area contributed by atoms with Crippen molar-refractivity contribution in [3.05, 3.63) is 83.4 Å². The number of ether oxygens (including phenoxy) is 1. The number of rotatable bonds is 8. The number of nitrogens with one attached hydrogen (secondary N) is 1. The van der Waals surface area contributed by atoms with Crippen LogP contribution in [-0.4, -0.2) is 33.0 Å². The molecule has 8 heteroatoms. The van der Waals surface area contributed by atoms with Crippen LogP contribution < -0.4 is 10.1 Å². The second kappa shape index (κ2) is 10.6. The van der Waals surface area contributed by atoms with Gasteiger partial charge in [0.1, 0.15) is 5.75 Å². The largest absolute Gasteiger partial charge is 0.494 e. The van der Waals surface area contributed by atoms with Crippen molar-refractivity contribution < 1.29 is 9.53 Å². The number of carbonyl (C=O) groups is 1. The van der Waals surface area contributed by atoms with E-state index in [0.717, 1.165) is 22.6 Å². The third-order valence-electron chi connectivity index (χ3n) is 4.78. The summed E-state index contributed by atoms with van der Waals surface area (Å²) in [4.78, 5) is 12.5. The van der Waals surface area contributed by atoms with Gasteiger partial charge in [0.05, 0.1) is 12.4 Å². The smallest absolute Gasteiger partial charge is 0.234 e. The highest BCUT2D eigenvalue weighted by Gasteiger charge is 2.18. The lowest BCUT2D eigenvalue weighted by Crippen LogP contribution is -2.14. The van der Waals surface area contributed by atoms with Gasteiger partial charge in [0.2, 0.25) is 5.91 Å². The van der Waals surface area contributed by atoms with Crippen molar-refractivity contribution in [3.63, 3.8) is 0 Å². The summed E-state index contributed by atoms with van der Waals surface area (Å²) in [5.74, 6) is 1.55. The van der Waals surface area contributed by atoms with Gasteiger partial charge in [0.15, 0.2) is 11.0 Å². The van der Waals surface area contributed by atoms with E-state index in [9.17, 15) is 4.79 Å². The van der Waals surface area contributed by atoms with Crippen molar-refractivity contribution in [3.8, 4) is 22.8 Å². The summed E-state index contributed by atoms with van der Waals surface area (Å²) in [6.45, 7) is 4.59. The van der Waals surface area contributed by atoms with Crippen molar-refractivity contribution in [1.29, 1.82) is 0 Å². The number of nitrogens with zero attached hydrogens (tertiary/aromatic N) is 3. The molecule has 0 aliphatic carbocycles. The number of thioether (sulfide) groups is 1. The monoisotopic (exact) mass is 478 g/mol. The molecule has 0 saturated carbocycles. The topological polar surface area (TPSA) is 69.0 Å². The summed E-state index contributed by atoms with van der Waals surface area (Å²) in [6, 6.07) is 22.9. The highest BCUT2D eigenvalue weighted by Crippen LogP contribution is 2.29. The first-order valence-corrected chi connectivity index (χ1v) is 11.8. The lowest BCUT2D eigenvalue weighted by atomic mass is 10.1. The molecule has 3 aromatic carbocycles. The van der Waals surface area contributed by atoms with Gasteiger partial charge in [-0.05, 0) is 68.4 Å². The Hall–Kier alpha value is -3.29. The van der Waals surface area contributed by atoms with Crippen LogP contribution in [0.3, 0.4) is 0 Å². The van der Waals surface area contributed by atoms with Crippen LogP contribution >= 0.6 is 23.4 Å². The molecule has 0 atom stereocenters. The SMILES string of the molecule is CCOc1ccc(-n2c(SCC(=O)Nc3ccc(Cl)cc3)nnc2-c2cccc(C)c2)cc1. The fraction of sp³-hybridized carbons (Fsp3) is 0.160. The second-order valence-electron chi connectivity index (χ2n) is 7.28. The molecule has 0 aliphatic rings. The average Bonchev–Trinajstić information content (AvgIpc) is 3.24. The van der Waals surface area contributed by atoms with Crippen LogP contribution in [0.1, 0.15) is 12.5 Å². The quantitative estimate of drug-likeness (QED) is 0.313. The van der Waals surface area contributed by atoms with Crippen LogP contribution in [0.15, 0.2) is 78.0 Å². The van der Waals surface area contributed by atoms with Gasteiger partial charge < -0.3 is 10.1 Å². The highest BCUT2D eigenvalue weighted by atomic mass is 35.5. The fourth-order valence-corrected chi connectivity index (χ4v) is 4.16. The Bertz CT molecular complexity index is 1240. The van der Waals surface area contributed by atoms with Gasteiger partial charge in [-0.3, -0.25) is 9.36 Å². The Morgan fingerprint density at radius 3 is 2.52 bits per heavy atom. The zero-order valence-electron chi connectivity index (χ0n) is 18.3. The molecule has 0 bridgehead atoms. The molecule has 0 aliphatic heterocycles. The van der Waals surface area contributed by atoms with Crippen LogP contribution in [0.4, 0.5) is 5.69 Å². The van der Waals surface area contributed by atoms with E-state index in [-0.39, 0.29) is 11.7 Å². The van der Waals surface area contributed by atoms with Crippen molar-refractivity contribution in [2.75, 3.05) is 17.7 Å².